The lowest BCUT2D eigenvalue weighted by atomic mass is 9.88. The molecule has 0 aromatic heterocycles. The number of hydrogen-bond acceptors (Lipinski definition) is 2. The van der Waals surface area contributed by atoms with Crippen LogP contribution in [0.2, 0.25) is 0 Å². The highest BCUT2D eigenvalue weighted by atomic mass is 16.6. The zero-order valence-corrected chi connectivity index (χ0v) is 9.39. The molecule has 1 N–H and O–H groups in total. The Bertz CT molecular complexity index is 154. The molecule has 0 amide bonds. The Hall–Kier alpha value is -0.0800. The first kappa shape index (κ1) is 11.0. The second kappa shape index (κ2) is 4.43. The van der Waals surface area contributed by atoms with E-state index < -0.39 is 0 Å². The minimum Gasteiger partial charge on any atom is -0.301 e. The molecular formula is C11H23NO. The third-order valence-electron chi connectivity index (χ3n) is 2.90. The van der Waals surface area contributed by atoms with Gasteiger partial charge in [0.1, 0.15) is 0 Å². The second-order valence-electron chi connectivity index (χ2n) is 5.26. The maximum Gasteiger partial charge on any atom is 0.0705 e. The summed E-state index contributed by atoms with van der Waals surface area (Å²) >= 11 is 0. The van der Waals surface area contributed by atoms with Gasteiger partial charge in [0.05, 0.1) is 6.61 Å². The molecule has 0 aliphatic heterocycles. The molecule has 0 aromatic carbocycles. The quantitative estimate of drug-likeness (QED) is 0.680. The fourth-order valence-electron chi connectivity index (χ4n) is 1.86. The van der Waals surface area contributed by atoms with E-state index in [1.165, 1.54) is 19.3 Å². The van der Waals surface area contributed by atoms with Gasteiger partial charge in [-0.3, -0.25) is 0 Å². The standard InChI is InChI=1S/C11H23NO/c1-9(2)8-13-12-10-6-5-7-11(10,3)4/h9-10,12H,5-8H2,1-4H3. The Morgan fingerprint density at radius 2 is 2.15 bits per heavy atom. The first-order valence-corrected chi connectivity index (χ1v) is 5.39. The van der Waals surface area contributed by atoms with Crippen LogP contribution in [-0.2, 0) is 4.84 Å². The lowest BCUT2D eigenvalue weighted by Crippen LogP contribution is -2.38. The smallest absolute Gasteiger partial charge is 0.0705 e. The molecule has 78 valence electrons. The molecule has 0 saturated heterocycles. The van der Waals surface area contributed by atoms with E-state index in [2.05, 4.69) is 33.2 Å². The van der Waals surface area contributed by atoms with Crippen LogP contribution >= 0.6 is 0 Å². The molecule has 1 rings (SSSR count). The molecule has 0 bridgehead atoms. The van der Waals surface area contributed by atoms with E-state index in [1.807, 2.05) is 0 Å². The van der Waals surface area contributed by atoms with E-state index in [-0.39, 0.29) is 0 Å². The Morgan fingerprint density at radius 3 is 2.62 bits per heavy atom. The third-order valence-corrected chi connectivity index (χ3v) is 2.90. The fourth-order valence-corrected chi connectivity index (χ4v) is 1.86. The van der Waals surface area contributed by atoms with E-state index >= 15 is 0 Å². The summed E-state index contributed by atoms with van der Waals surface area (Å²) in [6.07, 6.45) is 3.90. The van der Waals surface area contributed by atoms with Crippen molar-refractivity contribution in [1.82, 2.24) is 5.48 Å². The average Bonchev–Trinajstić information content (AvgIpc) is 2.30. The largest absolute Gasteiger partial charge is 0.301 e. The molecule has 13 heavy (non-hydrogen) atoms. The molecule has 1 atom stereocenters. The Morgan fingerprint density at radius 1 is 1.46 bits per heavy atom. The van der Waals surface area contributed by atoms with Gasteiger partial charge in [-0.25, -0.2) is 0 Å². The maximum absolute atomic E-state index is 5.46. The van der Waals surface area contributed by atoms with Crippen molar-refractivity contribution < 1.29 is 4.84 Å². The van der Waals surface area contributed by atoms with Crippen LogP contribution in [0.5, 0.6) is 0 Å². The van der Waals surface area contributed by atoms with E-state index in [9.17, 15) is 0 Å². The zero-order valence-electron chi connectivity index (χ0n) is 9.39. The molecule has 2 heteroatoms. The lowest BCUT2D eigenvalue weighted by Gasteiger charge is -2.27. The second-order valence-corrected chi connectivity index (χ2v) is 5.26. The molecule has 1 saturated carbocycles. The number of rotatable bonds is 4. The summed E-state index contributed by atoms with van der Waals surface area (Å²) in [5, 5.41) is 0. The number of hydrogen-bond donors (Lipinski definition) is 1. The normalized spacial score (nSPS) is 27.0. The fraction of sp³-hybridized carbons (Fsp3) is 1.00. The summed E-state index contributed by atoms with van der Waals surface area (Å²) in [6, 6.07) is 0.547. The van der Waals surface area contributed by atoms with Crippen molar-refractivity contribution in [3.8, 4) is 0 Å². The maximum atomic E-state index is 5.46. The van der Waals surface area contributed by atoms with E-state index in [4.69, 9.17) is 4.84 Å². The molecule has 1 unspecified atom stereocenters. The van der Waals surface area contributed by atoms with Crippen LogP contribution in [0.3, 0.4) is 0 Å². The number of nitrogens with one attached hydrogen (secondary N) is 1. The highest BCUT2D eigenvalue weighted by molar-refractivity contribution is 4.88. The highest BCUT2D eigenvalue weighted by Gasteiger charge is 2.34. The van der Waals surface area contributed by atoms with Crippen LogP contribution < -0.4 is 5.48 Å². The van der Waals surface area contributed by atoms with Gasteiger partial charge in [0, 0.05) is 6.04 Å². The van der Waals surface area contributed by atoms with Crippen molar-refractivity contribution in [1.29, 1.82) is 0 Å². The number of hydroxylamine groups is 1. The van der Waals surface area contributed by atoms with Gasteiger partial charge >= 0.3 is 0 Å². The predicted octanol–water partition coefficient (Wildman–Crippen LogP) is 2.74. The first-order valence-electron chi connectivity index (χ1n) is 5.39. The Balaban J connectivity index is 2.21. The first-order chi connectivity index (χ1) is 6.02. The summed E-state index contributed by atoms with van der Waals surface area (Å²) in [7, 11) is 0. The van der Waals surface area contributed by atoms with Gasteiger partial charge in [-0.15, -0.1) is 0 Å². The van der Waals surface area contributed by atoms with Crippen LogP contribution in [0, 0.1) is 11.3 Å². The van der Waals surface area contributed by atoms with Crippen molar-refractivity contribution in [2.45, 2.75) is 53.0 Å². The molecule has 0 radical (unpaired) electrons. The third kappa shape index (κ3) is 3.28. The van der Waals surface area contributed by atoms with Gasteiger partial charge in [-0.2, -0.15) is 5.48 Å². The van der Waals surface area contributed by atoms with Gasteiger partial charge in [-0.1, -0.05) is 34.1 Å². The molecule has 1 aliphatic carbocycles. The Kier molecular flexibility index (Phi) is 3.74. The highest BCUT2D eigenvalue weighted by Crippen LogP contribution is 2.37. The minimum absolute atomic E-state index is 0.414. The van der Waals surface area contributed by atoms with Crippen LogP contribution in [0.25, 0.3) is 0 Å². The monoisotopic (exact) mass is 185 g/mol. The van der Waals surface area contributed by atoms with Crippen molar-refractivity contribution >= 4 is 0 Å². The molecule has 1 aliphatic rings. The molecule has 2 nitrogen and oxygen atoms in total. The van der Waals surface area contributed by atoms with Crippen molar-refractivity contribution in [3.05, 3.63) is 0 Å². The van der Waals surface area contributed by atoms with Gasteiger partial charge < -0.3 is 4.84 Å². The summed E-state index contributed by atoms with van der Waals surface area (Å²) < 4.78 is 0. The summed E-state index contributed by atoms with van der Waals surface area (Å²) in [4.78, 5) is 5.46. The van der Waals surface area contributed by atoms with Gasteiger partial charge in [0.15, 0.2) is 0 Å². The topological polar surface area (TPSA) is 21.3 Å². The Labute approximate surface area is 82.0 Å². The van der Waals surface area contributed by atoms with Crippen molar-refractivity contribution in [2.75, 3.05) is 6.61 Å². The average molecular weight is 185 g/mol. The van der Waals surface area contributed by atoms with Crippen LogP contribution in [-0.4, -0.2) is 12.6 Å². The summed E-state index contributed by atoms with van der Waals surface area (Å²) in [5.74, 6) is 0.608. The minimum atomic E-state index is 0.414. The molecule has 0 heterocycles. The summed E-state index contributed by atoms with van der Waals surface area (Å²) in [6.45, 7) is 9.78. The SMILES string of the molecule is CC(C)CONC1CCCC1(C)C. The van der Waals surface area contributed by atoms with Crippen molar-refractivity contribution in [3.63, 3.8) is 0 Å². The molecule has 0 spiro atoms. The van der Waals surface area contributed by atoms with Crippen LogP contribution in [0.15, 0.2) is 0 Å². The van der Waals surface area contributed by atoms with Crippen LogP contribution in [0.4, 0.5) is 0 Å². The molecule has 1 fully saturated rings. The van der Waals surface area contributed by atoms with Gasteiger partial charge in [0.25, 0.3) is 0 Å². The van der Waals surface area contributed by atoms with Crippen molar-refractivity contribution in [2.24, 2.45) is 11.3 Å². The van der Waals surface area contributed by atoms with E-state index in [0.717, 1.165) is 6.61 Å². The van der Waals surface area contributed by atoms with E-state index in [1.54, 1.807) is 0 Å². The molecular weight excluding hydrogens is 162 g/mol. The van der Waals surface area contributed by atoms with E-state index in [0.29, 0.717) is 17.4 Å². The summed E-state index contributed by atoms with van der Waals surface area (Å²) in [5.41, 5.74) is 3.62. The lowest BCUT2D eigenvalue weighted by molar-refractivity contribution is -0.0192. The molecule has 0 aromatic rings. The van der Waals surface area contributed by atoms with Crippen LogP contribution in [0.1, 0.15) is 47.0 Å². The zero-order chi connectivity index (χ0) is 9.90. The van der Waals surface area contributed by atoms with Gasteiger partial charge in [0.2, 0.25) is 0 Å². The van der Waals surface area contributed by atoms with Gasteiger partial charge in [-0.05, 0) is 24.2 Å². The predicted molar refractivity (Wildman–Crippen MR) is 55.3 cm³/mol.